The van der Waals surface area contributed by atoms with Gasteiger partial charge in [0, 0.05) is 25.3 Å². The van der Waals surface area contributed by atoms with Crippen molar-refractivity contribution in [2.75, 3.05) is 25.0 Å². The van der Waals surface area contributed by atoms with Crippen LogP contribution in [0.3, 0.4) is 0 Å². The first kappa shape index (κ1) is 13.2. The van der Waals surface area contributed by atoms with Gasteiger partial charge in [-0.15, -0.1) is 0 Å². The third kappa shape index (κ3) is 2.70. The lowest BCUT2D eigenvalue weighted by molar-refractivity contribution is 0.707. The third-order valence-electron chi connectivity index (χ3n) is 4.11. The van der Waals surface area contributed by atoms with E-state index in [1.807, 2.05) is 7.05 Å². The first-order chi connectivity index (χ1) is 9.88. The van der Waals surface area contributed by atoms with Gasteiger partial charge in [-0.1, -0.05) is 42.5 Å². The second-order valence-electron chi connectivity index (χ2n) is 5.42. The molecule has 2 nitrogen and oxygen atoms in total. The van der Waals surface area contributed by atoms with Gasteiger partial charge < -0.3 is 10.2 Å². The molecule has 3 rings (SSSR count). The van der Waals surface area contributed by atoms with Crippen LogP contribution in [0.25, 0.3) is 0 Å². The molecule has 0 bridgehead atoms. The Balaban J connectivity index is 1.97. The summed E-state index contributed by atoms with van der Waals surface area (Å²) in [4.78, 5) is 2.50. The minimum Gasteiger partial charge on any atom is -0.366 e. The van der Waals surface area contributed by atoms with Crippen molar-refractivity contribution in [1.82, 2.24) is 5.32 Å². The van der Waals surface area contributed by atoms with E-state index in [1.54, 1.807) is 0 Å². The van der Waals surface area contributed by atoms with Crippen molar-refractivity contribution in [2.24, 2.45) is 0 Å². The van der Waals surface area contributed by atoms with Crippen LogP contribution in [0.1, 0.15) is 16.7 Å². The zero-order chi connectivity index (χ0) is 13.8. The van der Waals surface area contributed by atoms with Crippen molar-refractivity contribution in [3.8, 4) is 0 Å². The summed E-state index contributed by atoms with van der Waals surface area (Å²) in [6.45, 7) is 3.06. The lowest BCUT2D eigenvalue weighted by atomic mass is 9.95. The standard InChI is InChI=1S/C18H22N2/c1-19-12-13-20-14-17-8-3-2-6-15(17)10-11-16-7-4-5-9-18(16)20/h2-9,19H,10-14H2,1H3. The summed E-state index contributed by atoms with van der Waals surface area (Å²) in [5.74, 6) is 0. The van der Waals surface area contributed by atoms with Crippen LogP contribution in [-0.4, -0.2) is 20.1 Å². The van der Waals surface area contributed by atoms with Gasteiger partial charge in [0.2, 0.25) is 0 Å². The molecule has 0 saturated heterocycles. The molecular formula is C18H22N2. The Morgan fingerprint density at radius 3 is 2.35 bits per heavy atom. The van der Waals surface area contributed by atoms with Crippen molar-refractivity contribution >= 4 is 5.69 Å². The number of anilines is 1. The molecule has 2 heteroatoms. The van der Waals surface area contributed by atoms with Crippen molar-refractivity contribution in [2.45, 2.75) is 19.4 Å². The fourth-order valence-electron chi connectivity index (χ4n) is 2.99. The average Bonchev–Trinajstić information content (AvgIpc) is 2.48. The molecule has 1 aliphatic rings. The average molecular weight is 266 g/mol. The molecule has 0 amide bonds. The second kappa shape index (κ2) is 6.10. The summed E-state index contributed by atoms with van der Waals surface area (Å²) in [5.41, 5.74) is 5.84. The molecule has 20 heavy (non-hydrogen) atoms. The van der Waals surface area contributed by atoms with Crippen molar-refractivity contribution in [3.05, 3.63) is 65.2 Å². The summed E-state index contributed by atoms with van der Waals surface area (Å²) in [6.07, 6.45) is 2.27. The van der Waals surface area contributed by atoms with E-state index in [2.05, 4.69) is 58.7 Å². The number of nitrogens with one attached hydrogen (secondary N) is 1. The number of likely N-dealkylation sites (N-methyl/N-ethyl adjacent to an activating group) is 1. The molecule has 0 spiro atoms. The Labute approximate surface area is 121 Å². The fourth-order valence-corrected chi connectivity index (χ4v) is 2.99. The Hall–Kier alpha value is -1.80. The van der Waals surface area contributed by atoms with Gasteiger partial charge >= 0.3 is 0 Å². The molecule has 0 atom stereocenters. The first-order valence-corrected chi connectivity index (χ1v) is 7.42. The minimum atomic E-state index is 1.01. The van der Waals surface area contributed by atoms with Crippen molar-refractivity contribution < 1.29 is 0 Å². The fraction of sp³-hybridized carbons (Fsp3) is 0.333. The highest BCUT2D eigenvalue weighted by Gasteiger charge is 2.16. The molecular weight excluding hydrogens is 244 g/mol. The maximum atomic E-state index is 3.26. The lowest BCUT2D eigenvalue weighted by Gasteiger charge is -2.30. The molecule has 0 saturated carbocycles. The number of aryl methyl sites for hydroxylation is 2. The molecule has 0 fully saturated rings. The van der Waals surface area contributed by atoms with E-state index in [9.17, 15) is 0 Å². The number of fused-ring (bicyclic) bond motifs is 2. The highest BCUT2D eigenvalue weighted by Crippen LogP contribution is 2.27. The molecule has 0 aromatic heterocycles. The molecule has 104 valence electrons. The van der Waals surface area contributed by atoms with Crippen LogP contribution >= 0.6 is 0 Å². The molecule has 0 unspecified atom stereocenters. The number of benzene rings is 2. The highest BCUT2D eigenvalue weighted by atomic mass is 15.1. The van der Waals surface area contributed by atoms with Crippen LogP contribution < -0.4 is 10.2 Å². The Morgan fingerprint density at radius 2 is 1.55 bits per heavy atom. The zero-order valence-electron chi connectivity index (χ0n) is 12.1. The summed E-state index contributed by atoms with van der Waals surface area (Å²) in [7, 11) is 2.02. The normalized spacial score (nSPS) is 14.2. The van der Waals surface area contributed by atoms with Crippen LogP contribution in [0.2, 0.25) is 0 Å². The number of rotatable bonds is 3. The Morgan fingerprint density at radius 1 is 0.900 bits per heavy atom. The topological polar surface area (TPSA) is 15.3 Å². The number of hydrogen-bond donors (Lipinski definition) is 1. The number of para-hydroxylation sites is 1. The maximum Gasteiger partial charge on any atom is 0.0432 e. The monoisotopic (exact) mass is 266 g/mol. The van der Waals surface area contributed by atoms with Gasteiger partial charge in [-0.05, 0) is 42.6 Å². The van der Waals surface area contributed by atoms with E-state index in [1.165, 1.54) is 22.4 Å². The smallest absolute Gasteiger partial charge is 0.0432 e. The van der Waals surface area contributed by atoms with E-state index < -0.39 is 0 Å². The van der Waals surface area contributed by atoms with E-state index >= 15 is 0 Å². The lowest BCUT2D eigenvalue weighted by Crippen LogP contribution is -2.32. The van der Waals surface area contributed by atoms with Crippen LogP contribution in [0, 0.1) is 0 Å². The predicted molar refractivity (Wildman–Crippen MR) is 85.3 cm³/mol. The molecule has 0 radical (unpaired) electrons. The summed E-state index contributed by atoms with van der Waals surface area (Å²) >= 11 is 0. The summed E-state index contributed by atoms with van der Waals surface area (Å²) in [6, 6.07) is 17.7. The van der Waals surface area contributed by atoms with Gasteiger partial charge in [-0.25, -0.2) is 0 Å². The van der Waals surface area contributed by atoms with E-state index in [4.69, 9.17) is 0 Å². The molecule has 2 aromatic rings. The second-order valence-corrected chi connectivity index (χ2v) is 5.42. The number of hydrogen-bond acceptors (Lipinski definition) is 2. The quantitative estimate of drug-likeness (QED) is 0.918. The molecule has 2 aromatic carbocycles. The summed E-state index contributed by atoms with van der Waals surface area (Å²) < 4.78 is 0. The van der Waals surface area contributed by atoms with Crippen LogP contribution in [-0.2, 0) is 19.4 Å². The van der Waals surface area contributed by atoms with Gasteiger partial charge in [0.1, 0.15) is 0 Å². The molecule has 1 aliphatic heterocycles. The SMILES string of the molecule is CNCCN1Cc2ccccc2CCc2ccccc21. The van der Waals surface area contributed by atoms with Gasteiger partial charge in [-0.2, -0.15) is 0 Å². The predicted octanol–water partition coefficient (Wildman–Crippen LogP) is 3.01. The molecule has 0 aliphatic carbocycles. The van der Waals surface area contributed by atoms with Crippen LogP contribution in [0.4, 0.5) is 5.69 Å². The largest absolute Gasteiger partial charge is 0.366 e. The first-order valence-electron chi connectivity index (χ1n) is 7.42. The van der Waals surface area contributed by atoms with Gasteiger partial charge in [-0.3, -0.25) is 0 Å². The van der Waals surface area contributed by atoms with Gasteiger partial charge in [0.25, 0.3) is 0 Å². The summed E-state index contributed by atoms with van der Waals surface area (Å²) in [5, 5.41) is 3.26. The van der Waals surface area contributed by atoms with Crippen LogP contribution in [0.15, 0.2) is 48.5 Å². The number of nitrogens with zero attached hydrogens (tertiary/aromatic N) is 1. The van der Waals surface area contributed by atoms with Crippen LogP contribution in [0.5, 0.6) is 0 Å². The van der Waals surface area contributed by atoms with E-state index in [0.29, 0.717) is 0 Å². The third-order valence-corrected chi connectivity index (χ3v) is 4.11. The Kier molecular flexibility index (Phi) is 4.03. The minimum absolute atomic E-state index is 1.01. The maximum absolute atomic E-state index is 3.26. The van der Waals surface area contributed by atoms with Crippen molar-refractivity contribution in [3.63, 3.8) is 0 Å². The van der Waals surface area contributed by atoms with Gasteiger partial charge in [0.05, 0.1) is 0 Å². The zero-order valence-corrected chi connectivity index (χ0v) is 12.1. The van der Waals surface area contributed by atoms with E-state index in [-0.39, 0.29) is 0 Å². The van der Waals surface area contributed by atoms with E-state index in [0.717, 1.165) is 32.5 Å². The molecule has 1 N–H and O–H groups in total. The van der Waals surface area contributed by atoms with Gasteiger partial charge in [0.15, 0.2) is 0 Å². The molecule has 1 heterocycles. The highest BCUT2D eigenvalue weighted by molar-refractivity contribution is 5.55. The van der Waals surface area contributed by atoms with Crippen molar-refractivity contribution in [1.29, 1.82) is 0 Å². The Bertz CT molecular complexity index is 577.